The average molecular weight is 346 g/mol. The van der Waals surface area contributed by atoms with Crippen molar-refractivity contribution in [3.63, 3.8) is 0 Å². The van der Waals surface area contributed by atoms with E-state index >= 15 is 0 Å². The fourth-order valence-corrected chi connectivity index (χ4v) is 3.08. The van der Waals surface area contributed by atoms with Gasteiger partial charge in [0.05, 0.1) is 25.2 Å². The third kappa shape index (κ3) is 4.15. The molecule has 5 nitrogen and oxygen atoms in total. The first-order valence-corrected chi connectivity index (χ1v) is 8.77. The number of rotatable bonds is 7. The largest absolute Gasteiger partial charge is 0.490 e. The van der Waals surface area contributed by atoms with Gasteiger partial charge in [0.2, 0.25) is 5.75 Å². The van der Waals surface area contributed by atoms with Crippen LogP contribution in [0.25, 0.3) is 0 Å². The van der Waals surface area contributed by atoms with Crippen molar-refractivity contribution in [3.8, 4) is 17.2 Å². The normalized spacial score (nSPS) is 21.4. The predicted octanol–water partition coefficient (Wildman–Crippen LogP) is 3.83. The summed E-state index contributed by atoms with van der Waals surface area (Å²) < 4.78 is 22.2. The molecule has 0 aromatic heterocycles. The highest BCUT2D eigenvalue weighted by Crippen LogP contribution is 2.42. The zero-order valence-corrected chi connectivity index (χ0v) is 15.4. The molecule has 0 N–H and O–H groups in total. The van der Waals surface area contributed by atoms with Gasteiger partial charge in [0.15, 0.2) is 11.5 Å². The van der Waals surface area contributed by atoms with Crippen molar-refractivity contribution in [2.45, 2.75) is 58.2 Å². The number of allylic oxidation sites excluding steroid dienone is 1. The zero-order chi connectivity index (χ0) is 18.0. The van der Waals surface area contributed by atoms with Gasteiger partial charge in [0, 0.05) is 0 Å². The lowest BCUT2D eigenvalue weighted by Crippen LogP contribution is -2.16. The number of benzene rings is 1. The van der Waals surface area contributed by atoms with Gasteiger partial charge in [-0.25, -0.2) is 0 Å². The van der Waals surface area contributed by atoms with Gasteiger partial charge in [-0.3, -0.25) is 4.79 Å². The SMILES string of the molecule is COc1c(OC/C=C(\C)CC[C@H]2OC2(C)C)ccc2c1OC(=O)CC2. The van der Waals surface area contributed by atoms with Crippen LogP contribution >= 0.6 is 0 Å². The van der Waals surface area contributed by atoms with E-state index in [0.29, 0.717) is 42.8 Å². The Bertz CT molecular complexity index is 690. The number of methoxy groups -OCH3 is 1. The van der Waals surface area contributed by atoms with Crippen LogP contribution in [-0.4, -0.2) is 31.4 Å². The Morgan fingerprint density at radius 1 is 1.36 bits per heavy atom. The Labute approximate surface area is 148 Å². The molecule has 0 saturated carbocycles. The number of aryl methyl sites for hydroxylation is 1. The summed E-state index contributed by atoms with van der Waals surface area (Å²) in [5.41, 5.74) is 2.29. The molecule has 2 aliphatic rings. The van der Waals surface area contributed by atoms with Crippen molar-refractivity contribution in [3.05, 3.63) is 29.3 Å². The minimum Gasteiger partial charge on any atom is -0.490 e. The van der Waals surface area contributed by atoms with Crippen molar-refractivity contribution in [1.82, 2.24) is 0 Å². The van der Waals surface area contributed by atoms with Crippen LogP contribution in [0, 0.1) is 0 Å². The molecule has 1 atom stereocenters. The molecule has 0 amide bonds. The second-order valence-electron chi connectivity index (χ2n) is 7.17. The first-order chi connectivity index (χ1) is 11.9. The fourth-order valence-electron chi connectivity index (χ4n) is 3.08. The van der Waals surface area contributed by atoms with Crippen molar-refractivity contribution in [2.75, 3.05) is 13.7 Å². The molecule has 3 rings (SSSR count). The number of fused-ring (bicyclic) bond motifs is 1. The van der Waals surface area contributed by atoms with Crippen LogP contribution in [0.2, 0.25) is 0 Å². The molecule has 2 aliphatic heterocycles. The molecule has 0 spiro atoms. The lowest BCUT2D eigenvalue weighted by Gasteiger charge is -2.20. The van der Waals surface area contributed by atoms with Gasteiger partial charge < -0.3 is 18.9 Å². The van der Waals surface area contributed by atoms with Crippen molar-refractivity contribution in [2.24, 2.45) is 0 Å². The summed E-state index contributed by atoms with van der Waals surface area (Å²) >= 11 is 0. The van der Waals surface area contributed by atoms with Crippen molar-refractivity contribution < 1.29 is 23.7 Å². The lowest BCUT2D eigenvalue weighted by molar-refractivity contribution is -0.135. The van der Waals surface area contributed by atoms with Crippen LogP contribution < -0.4 is 14.2 Å². The smallest absolute Gasteiger partial charge is 0.311 e. The molecular formula is C20H26O5. The third-order valence-corrected chi connectivity index (χ3v) is 4.81. The maximum atomic E-state index is 11.5. The summed E-state index contributed by atoms with van der Waals surface area (Å²) in [7, 11) is 1.56. The van der Waals surface area contributed by atoms with Gasteiger partial charge in [-0.05, 0) is 57.7 Å². The maximum absolute atomic E-state index is 11.5. The van der Waals surface area contributed by atoms with E-state index in [1.807, 2.05) is 12.1 Å². The van der Waals surface area contributed by atoms with Crippen LogP contribution in [0.4, 0.5) is 0 Å². The summed E-state index contributed by atoms with van der Waals surface area (Å²) in [6.07, 6.45) is 5.54. The van der Waals surface area contributed by atoms with Gasteiger partial charge in [-0.2, -0.15) is 0 Å². The Balaban J connectivity index is 1.58. The molecule has 25 heavy (non-hydrogen) atoms. The summed E-state index contributed by atoms with van der Waals surface area (Å²) in [5, 5.41) is 0. The summed E-state index contributed by atoms with van der Waals surface area (Å²) in [6, 6.07) is 3.81. The molecule has 5 heteroatoms. The van der Waals surface area contributed by atoms with Gasteiger partial charge in [0.25, 0.3) is 0 Å². The summed E-state index contributed by atoms with van der Waals surface area (Å²) in [4.78, 5) is 11.5. The highest BCUT2D eigenvalue weighted by atomic mass is 16.6. The Morgan fingerprint density at radius 3 is 2.80 bits per heavy atom. The summed E-state index contributed by atoms with van der Waals surface area (Å²) in [6.45, 7) is 6.79. The number of carbonyl (C=O) groups excluding carboxylic acids is 1. The second kappa shape index (κ2) is 7.08. The van der Waals surface area contributed by atoms with Crippen LogP contribution in [-0.2, 0) is 16.0 Å². The molecule has 2 heterocycles. The first kappa shape index (κ1) is 17.8. The monoisotopic (exact) mass is 346 g/mol. The Hall–Kier alpha value is -2.01. The van der Waals surface area contributed by atoms with Crippen molar-refractivity contribution >= 4 is 5.97 Å². The number of epoxide rings is 1. The van der Waals surface area contributed by atoms with Gasteiger partial charge in [-0.1, -0.05) is 11.6 Å². The molecule has 1 aromatic rings. The Kier molecular flexibility index (Phi) is 5.04. The van der Waals surface area contributed by atoms with Crippen LogP contribution in [0.1, 0.15) is 45.6 Å². The van der Waals surface area contributed by atoms with E-state index < -0.39 is 0 Å². The molecule has 0 unspecified atom stereocenters. The Morgan fingerprint density at radius 2 is 2.12 bits per heavy atom. The molecule has 0 bridgehead atoms. The number of hydrogen-bond acceptors (Lipinski definition) is 5. The molecule has 1 aromatic carbocycles. The van der Waals surface area contributed by atoms with Gasteiger partial charge >= 0.3 is 5.97 Å². The first-order valence-electron chi connectivity index (χ1n) is 8.77. The van der Waals surface area contributed by atoms with E-state index in [1.54, 1.807) is 7.11 Å². The minimum atomic E-state index is -0.232. The molecule has 0 aliphatic carbocycles. The standard InChI is InChI=1S/C20H26O5/c1-13(5-9-16-20(2,3)25-16)11-12-23-15-8-6-14-7-10-17(21)24-18(14)19(15)22-4/h6,8,11,16H,5,7,9-10,12H2,1-4H3/b13-11+/t16-/m1/s1. The van der Waals surface area contributed by atoms with Crippen LogP contribution in [0.15, 0.2) is 23.8 Å². The van der Waals surface area contributed by atoms with E-state index in [-0.39, 0.29) is 11.6 Å². The second-order valence-corrected chi connectivity index (χ2v) is 7.17. The minimum absolute atomic E-state index is 0.0463. The van der Waals surface area contributed by atoms with Gasteiger partial charge in [0.1, 0.15) is 6.61 Å². The number of carbonyl (C=O) groups is 1. The van der Waals surface area contributed by atoms with Crippen LogP contribution in [0.3, 0.4) is 0 Å². The highest BCUT2D eigenvalue weighted by molar-refractivity contribution is 5.77. The fraction of sp³-hybridized carbons (Fsp3) is 0.550. The van der Waals surface area contributed by atoms with Gasteiger partial charge in [-0.15, -0.1) is 0 Å². The topological polar surface area (TPSA) is 57.3 Å². The van der Waals surface area contributed by atoms with E-state index in [1.165, 1.54) is 5.57 Å². The molecule has 0 radical (unpaired) electrons. The number of ether oxygens (including phenoxy) is 4. The van der Waals surface area contributed by atoms with E-state index in [9.17, 15) is 4.79 Å². The van der Waals surface area contributed by atoms with Crippen molar-refractivity contribution in [1.29, 1.82) is 0 Å². The molecule has 136 valence electrons. The quantitative estimate of drug-likeness (QED) is 0.325. The van der Waals surface area contributed by atoms with E-state index in [4.69, 9.17) is 18.9 Å². The molecule has 1 saturated heterocycles. The number of hydrogen-bond donors (Lipinski definition) is 0. The maximum Gasteiger partial charge on any atom is 0.311 e. The molecular weight excluding hydrogens is 320 g/mol. The highest BCUT2D eigenvalue weighted by Gasteiger charge is 2.46. The van der Waals surface area contributed by atoms with Crippen LogP contribution in [0.5, 0.6) is 17.2 Å². The summed E-state index contributed by atoms with van der Waals surface area (Å²) in [5.74, 6) is 1.34. The number of esters is 1. The molecule has 1 fully saturated rings. The third-order valence-electron chi connectivity index (χ3n) is 4.81. The van der Waals surface area contributed by atoms with E-state index in [0.717, 1.165) is 18.4 Å². The predicted molar refractivity (Wildman–Crippen MR) is 94.4 cm³/mol. The lowest BCUT2D eigenvalue weighted by atomic mass is 10.0. The zero-order valence-electron chi connectivity index (χ0n) is 15.4. The van der Waals surface area contributed by atoms with E-state index in [2.05, 4.69) is 26.8 Å². The average Bonchev–Trinajstić information content (AvgIpc) is 3.19.